The zero-order chi connectivity index (χ0) is 24.2. The summed E-state index contributed by atoms with van der Waals surface area (Å²) < 4.78 is 14.2. The number of methoxy groups -OCH3 is 1. The molecule has 0 bridgehead atoms. The molecule has 2 aromatic carbocycles. The molecule has 0 fully saturated rings. The molecule has 2 aromatic heterocycles. The highest BCUT2D eigenvalue weighted by Crippen LogP contribution is 2.22. The lowest BCUT2D eigenvalue weighted by atomic mass is 10.2. The Labute approximate surface area is 198 Å². The molecule has 8 nitrogen and oxygen atoms in total. The van der Waals surface area contributed by atoms with Crippen LogP contribution in [0.1, 0.15) is 22.6 Å². The minimum atomic E-state index is -0.469. The number of benzene rings is 2. The first-order valence-corrected chi connectivity index (χ1v) is 11.0. The lowest BCUT2D eigenvalue weighted by Crippen LogP contribution is -2.23. The fourth-order valence-corrected chi connectivity index (χ4v) is 3.99. The van der Waals surface area contributed by atoms with Crippen LogP contribution in [-0.4, -0.2) is 39.9 Å². The van der Waals surface area contributed by atoms with E-state index < -0.39 is 11.9 Å². The summed E-state index contributed by atoms with van der Waals surface area (Å²) in [6, 6.07) is 17.6. The van der Waals surface area contributed by atoms with Gasteiger partial charge in [-0.05, 0) is 56.0 Å². The van der Waals surface area contributed by atoms with E-state index >= 15 is 0 Å². The number of nitrogens with zero attached hydrogens (tertiary/aromatic N) is 3. The normalized spacial score (nSPS) is 10.9. The molecule has 0 aliphatic heterocycles. The van der Waals surface area contributed by atoms with Gasteiger partial charge >= 0.3 is 5.97 Å². The Balaban J connectivity index is 1.35. The van der Waals surface area contributed by atoms with E-state index in [1.54, 1.807) is 7.11 Å². The molecule has 1 N–H and O–H groups in total. The van der Waals surface area contributed by atoms with E-state index in [0.717, 1.165) is 33.6 Å². The van der Waals surface area contributed by atoms with Gasteiger partial charge in [0.05, 0.1) is 30.7 Å². The predicted molar refractivity (Wildman–Crippen MR) is 130 cm³/mol. The molecule has 0 saturated carbocycles. The Morgan fingerprint density at radius 2 is 1.76 bits per heavy atom. The SMILES string of the molecule is COc1ccc(Cn2nc(C)c(NC(=O)COC(=O)Cn3c(C)cc4ccccc43)c2C)cc1. The number of rotatable bonds is 8. The van der Waals surface area contributed by atoms with Crippen LogP contribution in [0.2, 0.25) is 0 Å². The van der Waals surface area contributed by atoms with Crippen molar-refractivity contribution in [3.05, 3.63) is 77.2 Å². The van der Waals surface area contributed by atoms with Crippen LogP contribution < -0.4 is 10.1 Å². The molecular formula is C26H28N4O4. The number of esters is 1. The third-order valence-corrected chi connectivity index (χ3v) is 5.81. The topological polar surface area (TPSA) is 87.4 Å². The second kappa shape index (κ2) is 9.82. The summed E-state index contributed by atoms with van der Waals surface area (Å²) in [4.78, 5) is 24.9. The molecule has 2 heterocycles. The molecule has 0 aliphatic rings. The first-order valence-electron chi connectivity index (χ1n) is 11.0. The monoisotopic (exact) mass is 460 g/mol. The van der Waals surface area contributed by atoms with Crippen molar-refractivity contribution in [1.82, 2.24) is 14.3 Å². The van der Waals surface area contributed by atoms with Gasteiger partial charge in [-0.2, -0.15) is 5.10 Å². The van der Waals surface area contributed by atoms with E-state index in [2.05, 4.69) is 10.4 Å². The van der Waals surface area contributed by atoms with E-state index in [4.69, 9.17) is 9.47 Å². The molecule has 4 rings (SSSR count). The Bertz CT molecular complexity index is 1340. The largest absolute Gasteiger partial charge is 0.497 e. The third-order valence-electron chi connectivity index (χ3n) is 5.81. The number of anilines is 1. The lowest BCUT2D eigenvalue weighted by Gasteiger charge is -2.10. The first-order chi connectivity index (χ1) is 16.4. The molecule has 0 aliphatic carbocycles. The van der Waals surface area contributed by atoms with Gasteiger partial charge in [0, 0.05) is 11.2 Å². The average molecular weight is 461 g/mol. The van der Waals surface area contributed by atoms with Crippen LogP contribution in [0.5, 0.6) is 5.75 Å². The van der Waals surface area contributed by atoms with Crippen LogP contribution in [-0.2, 0) is 27.4 Å². The summed E-state index contributed by atoms with van der Waals surface area (Å²) in [5.74, 6) is -0.0828. The zero-order valence-electron chi connectivity index (χ0n) is 19.8. The Kier molecular flexibility index (Phi) is 6.67. The van der Waals surface area contributed by atoms with Crippen LogP contribution >= 0.6 is 0 Å². The molecule has 1 amide bonds. The van der Waals surface area contributed by atoms with Crippen LogP contribution in [0.4, 0.5) is 5.69 Å². The number of carbonyl (C=O) groups excluding carboxylic acids is 2. The molecule has 8 heteroatoms. The molecule has 0 unspecified atom stereocenters. The first kappa shape index (κ1) is 23.1. The number of para-hydroxylation sites is 1. The molecule has 4 aromatic rings. The van der Waals surface area contributed by atoms with Gasteiger partial charge in [0.1, 0.15) is 12.3 Å². The fourth-order valence-electron chi connectivity index (χ4n) is 3.99. The summed E-state index contributed by atoms with van der Waals surface area (Å²) in [6.45, 7) is 5.91. The van der Waals surface area contributed by atoms with Crippen molar-refractivity contribution in [3.8, 4) is 5.75 Å². The van der Waals surface area contributed by atoms with Crippen molar-refractivity contribution < 1.29 is 19.1 Å². The van der Waals surface area contributed by atoms with Crippen molar-refractivity contribution >= 4 is 28.5 Å². The summed E-state index contributed by atoms with van der Waals surface area (Å²) in [6.07, 6.45) is 0. The highest BCUT2D eigenvalue weighted by molar-refractivity contribution is 5.94. The van der Waals surface area contributed by atoms with E-state index in [0.29, 0.717) is 17.9 Å². The van der Waals surface area contributed by atoms with Crippen LogP contribution in [0.15, 0.2) is 54.6 Å². The Hall–Kier alpha value is -4.07. The summed E-state index contributed by atoms with van der Waals surface area (Å²) in [5, 5.41) is 8.43. The summed E-state index contributed by atoms with van der Waals surface area (Å²) >= 11 is 0. The summed E-state index contributed by atoms with van der Waals surface area (Å²) in [5.41, 5.74) is 5.12. The Morgan fingerprint density at radius 3 is 2.50 bits per heavy atom. The number of hydrogen-bond donors (Lipinski definition) is 1. The maximum Gasteiger partial charge on any atom is 0.326 e. The third kappa shape index (κ3) is 4.96. The van der Waals surface area contributed by atoms with E-state index in [1.807, 2.05) is 84.6 Å². The van der Waals surface area contributed by atoms with Crippen molar-refractivity contribution in [2.24, 2.45) is 0 Å². The van der Waals surface area contributed by atoms with Gasteiger partial charge in [0.25, 0.3) is 5.91 Å². The predicted octanol–water partition coefficient (Wildman–Crippen LogP) is 4.00. The van der Waals surface area contributed by atoms with Gasteiger partial charge in [0.2, 0.25) is 0 Å². The van der Waals surface area contributed by atoms with Gasteiger partial charge in [-0.1, -0.05) is 30.3 Å². The molecule has 0 radical (unpaired) electrons. The summed E-state index contributed by atoms with van der Waals surface area (Å²) in [7, 11) is 1.63. The molecule has 0 spiro atoms. The van der Waals surface area contributed by atoms with Crippen molar-refractivity contribution in [2.75, 3.05) is 19.0 Å². The van der Waals surface area contributed by atoms with E-state index in [9.17, 15) is 9.59 Å². The standard InChI is InChI=1S/C26H28N4O4/c1-17-13-21-7-5-6-8-23(21)29(17)15-25(32)34-16-24(31)27-26-18(2)28-30(19(26)3)14-20-9-11-22(33-4)12-10-20/h5-13H,14-16H2,1-4H3,(H,27,31). The quantitative estimate of drug-likeness (QED) is 0.402. The lowest BCUT2D eigenvalue weighted by molar-refractivity contribution is -0.147. The smallest absolute Gasteiger partial charge is 0.326 e. The van der Waals surface area contributed by atoms with Crippen LogP contribution in [0.3, 0.4) is 0 Å². The molecule has 0 saturated heterocycles. The number of carbonyl (C=O) groups is 2. The minimum absolute atomic E-state index is 0.0461. The van der Waals surface area contributed by atoms with E-state index in [-0.39, 0.29) is 13.2 Å². The van der Waals surface area contributed by atoms with Crippen molar-refractivity contribution in [2.45, 2.75) is 33.9 Å². The molecule has 34 heavy (non-hydrogen) atoms. The van der Waals surface area contributed by atoms with Crippen LogP contribution in [0.25, 0.3) is 10.9 Å². The highest BCUT2D eigenvalue weighted by atomic mass is 16.5. The minimum Gasteiger partial charge on any atom is -0.497 e. The van der Waals surface area contributed by atoms with Gasteiger partial charge in [0.15, 0.2) is 6.61 Å². The number of fused-ring (bicyclic) bond motifs is 1. The van der Waals surface area contributed by atoms with E-state index in [1.165, 1.54) is 0 Å². The number of ether oxygens (including phenoxy) is 2. The van der Waals surface area contributed by atoms with Crippen molar-refractivity contribution in [1.29, 1.82) is 0 Å². The molecule has 0 atom stereocenters. The number of hydrogen-bond acceptors (Lipinski definition) is 5. The highest BCUT2D eigenvalue weighted by Gasteiger charge is 2.17. The van der Waals surface area contributed by atoms with Gasteiger partial charge < -0.3 is 19.4 Å². The maximum atomic E-state index is 12.5. The van der Waals surface area contributed by atoms with Gasteiger partial charge in [-0.25, -0.2) is 0 Å². The number of amides is 1. The fraction of sp³-hybridized carbons (Fsp3) is 0.269. The van der Waals surface area contributed by atoms with Crippen LogP contribution in [0, 0.1) is 20.8 Å². The number of nitrogens with one attached hydrogen (secondary N) is 1. The number of aromatic nitrogens is 3. The van der Waals surface area contributed by atoms with Crippen molar-refractivity contribution in [3.63, 3.8) is 0 Å². The van der Waals surface area contributed by atoms with Gasteiger partial charge in [-0.3, -0.25) is 14.3 Å². The molecule has 176 valence electrons. The maximum absolute atomic E-state index is 12.5. The average Bonchev–Trinajstić information content (AvgIpc) is 3.28. The number of aryl methyl sites for hydroxylation is 2. The second-order valence-corrected chi connectivity index (χ2v) is 8.19. The Morgan fingerprint density at radius 1 is 1.03 bits per heavy atom. The van der Waals surface area contributed by atoms with Gasteiger partial charge in [-0.15, -0.1) is 0 Å². The zero-order valence-corrected chi connectivity index (χ0v) is 19.8. The molecular weight excluding hydrogens is 432 g/mol. The second-order valence-electron chi connectivity index (χ2n) is 8.19.